The molecule has 0 aromatic carbocycles. The molecule has 2 aliphatic rings. The molecule has 1 atom stereocenters. The van der Waals surface area contributed by atoms with Crippen LogP contribution in [0.4, 0.5) is 5.00 Å². The van der Waals surface area contributed by atoms with Crippen molar-refractivity contribution in [2.45, 2.75) is 31.3 Å². The molecule has 2 heterocycles. The van der Waals surface area contributed by atoms with Gasteiger partial charge in [-0.3, -0.25) is 4.79 Å². The fraction of sp³-hybridized carbons (Fsp3) is 0.545. The monoisotopic (exact) mass is 282 g/mol. The largest absolute Gasteiger partial charge is 0.369 e. The van der Waals surface area contributed by atoms with Gasteiger partial charge in [-0.05, 0) is 24.4 Å². The summed E-state index contributed by atoms with van der Waals surface area (Å²) in [6.07, 6.45) is 2.72. The van der Waals surface area contributed by atoms with Gasteiger partial charge in [-0.2, -0.15) is 9.64 Å². The molecule has 1 N–H and O–H groups in total. The lowest BCUT2D eigenvalue weighted by molar-refractivity contribution is -0.128. The van der Waals surface area contributed by atoms with Crippen molar-refractivity contribution in [2.75, 3.05) is 11.9 Å². The number of carbonyl (C=O) groups is 1. The van der Waals surface area contributed by atoms with Crippen LogP contribution in [0.1, 0.15) is 24.8 Å². The molecule has 0 spiro atoms. The van der Waals surface area contributed by atoms with E-state index in [0.717, 1.165) is 12.8 Å². The van der Waals surface area contributed by atoms with E-state index in [1.807, 2.05) is 11.0 Å². The van der Waals surface area contributed by atoms with Crippen LogP contribution in [0.2, 0.25) is 5.15 Å². The summed E-state index contributed by atoms with van der Waals surface area (Å²) in [6, 6.07) is 2.54. The summed E-state index contributed by atoms with van der Waals surface area (Å²) in [6.45, 7) is 0.712. The minimum Gasteiger partial charge on any atom is -0.369 e. The molecule has 1 aromatic heterocycles. The molecule has 1 saturated heterocycles. The first-order valence-electron chi connectivity index (χ1n) is 5.80. The third-order valence-corrected chi connectivity index (χ3v) is 4.40. The Balaban J connectivity index is 1.70. The zero-order valence-electron chi connectivity index (χ0n) is 9.52. The van der Waals surface area contributed by atoms with Gasteiger partial charge >= 0.3 is 0 Å². The van der Waals surface area contributed by atoms with Crippen molar-refractivity contribution in [1.82, 2.24) is 9.27 Å². The van der Waals surface area contributed by atoms with Crippen LogP contribution in [0, 0.1) is 11.3 Å². The van der Waals surface area contributed by atoms with E-state index in [1.165, 1.54) is 11.5 Å². The Bertz CT molecular complexity index is 534. The number of hydrogen-bond acceptors (Lipinski definition) is 5. The van der Waals surface area contributed by atoms with E-state index < -0.39 is 0 Å². The molecule has 1 aliphatic heterocycles. The van der Waals surface area contributed by atoms with Gasteiger partial charge in [0.15, 0.2) is 5.15 Å². The number of nitriles is 1. The van der Waals surface area contributed by atoms with Gasteiger partial charge in [-0.1, -0.05) is 11.6 Å². The molecule has 3 rings (SSSR count). The molecule has 94 valence electrons. The van der Waals surface area contributed by atoms with Crippen molar-refractivity contribution < 1.29 is 4.79 Å². The molecule has 5 nitrogen and oxygen atoms in total. The maximum atomic E-state index is 11.8. The molecule has 7 heteroatoms. The third kappa shape index (κ3) is 2.04. The quantitative estimate of drug-likeness (QED) is 0.918. The molecule has 1 unspecified atom stereocenters. The minimum atomic E-state index is 0.0571. The van der Waals surface area contributed by atoms with Crippen molar-refractivity contribution in [3.05, 3.63) is 10.7 Å². The molecule has 1 amide bonds. The van der Waals surface area contributed by atoms with Gasteiger partial charge in [0.05, 0.1) is 6.04 Å². The molecular formula is C11H11ClN4OS. The number of carbonyl (C=O) groups excluding carboxylic acids is 1. The van der Waals surface area contributed by atoms with Gasteiger partial charge < -0.3 is 10.2 Å². The van der Waals surface area contributed by atoms with Crippen LogP contribution in [0.3, 0.4) is 0 Å². The van der Waals surface area contributed by atoms with E-state index >= 15 is 0 Å². The summed E-state index contributed by atoms with van der Waals surface area (Å²) in [7, 11) is 0. The molecule has 1 aromatic rings. The second-order valence-corrected chi connectivity index (χ2v) is 5.74. The van der Waals surface area contributed by atoms with E-state index in [2.05, 4.69) is 9.69 Å². The average molecular weight is 283 g/mol. The second kappa shape index (κ2) is 4.41. The maximum absolute atomic E-state index is 11.8. The predicted octanol–water partition coefficient (Wildman–Crippen LogP) is 1.84. The molecule has 0 bridgehead atoms. The van der Waals surface area contributed by atoms with Crippen LogP contribution in [0.5, 0.6) is 0 Å². The summed E-state index contributed by atoms with van der Waals surface area (Å²) in [5.41, 5.74) is 0.374. The minimum absolute atomic E-state index is 0.0571. The lowest BCUT2D eigenvalue weighted by atomic mass is 10.2. The van der Waals surface area contributed by atoms with E-state index in [-0.39, 0.29) is 17.1 Å². The number of aromatic nitrogens is 1. The van der Waals surface area contributed by atoms with Crippen LogP contribution < -0.4 is 5.32 Å². The number of halogens is 1. The third-order valence-electron chi connectivity index (χ3n) is 3.24. The molecular weight excluding hydrogens is 272 g/mol. The first-order valence-corrected chi connectivity index (χ1v) is 6.95. The van der Waals surface area contributed by atoms with Crippen LogP contribution in [-0.4, -0.2) is 33.8 Å². The van der Waals surface area contributed by atoms with Crippen LogP contribution in [0.25, 0.3) is 0 Å². The summed E-state index contributed by atoms with van der Waals surface area (Å²) >= 11 is 6.98. The fourth-order valence-electron chi connectivity index (χ4n) is 2.22. The summed E-state index contributed by atoms with van der Waals surface area (Å²) < 4.78 is 3.94. The van der Waals surface area contributed by atoms with E-state index in [1.54, 1.807) is 0 Å². The van der Waals surface area contributed by atoms with Gasteiger partial charge in [0.25, 0.3) is 0 Å². The maximum Gasteiger partial charge on any atom is 0.225 e. The smallest absolute Gasteiger partial charge is 0.225 e. The molecule has 0 radical (unpaired) electrons. The highest BCUT2D eigenvalue weighted by Gasteiger charge is 2.39. The molecule has 2 fully saturated rings. The normalized spacial score (nSPS) is 23.2. The fourth-order valence-corrected chi connectivity index (χ4v) is 3.23. The first-order chi connectivity index (χ1) is 8.69. The Hall–Kier alpha value is -1.32. The number of likely N-dealkylation sites (tertiary alicyclic amines) is 1. The van der Waals surface area contributed by atoms with Crippen molar-refractivity contribution >= 4 is 34.0 Å². The Kier molecular flexibility index (Phi) is 2.88. The zero-order valence-corrected chi connectivity index (χ0v) is 11.1. The second-order valence-electron chi connectivity index (χ2n) is 4.61. The number of nitrogens with one attached hydrogen (secondary N) is 1. The molecule has 1 saturated carbocycles. The van der Waals surface area contributed by atoms with Gasteiger partial charge in [0.2, 0.25) is 5.91 Å². The Morgan fingerprint density at radius 1 is 1.56 bits per heavy atom. The van der Waals surface area contributed by atoms with Crippen molar-refractivity contribution in [2.24, 2.45) is 0 Å². The van der Waals surface area contributed by atoms with Crippen molar-refractivity contribution in [1.29, 1.82) is 5.26 Å². The topological polar surface area (TPSA) is 69.0 Å². The number of rotatable bonds is 3. The van der Waals surface area contributed by atoms with Crippen LogP contribution in [0.15, 0.2) is 0 Å². The highest BCUT2D eigenvalue weighted by Crippen LogP contribution is 2.33. The van der Waals surface area contributed by atoms with Gasteiger partial charge in [-0.25, -0.2) is 0 Å². The SMILES string of the molecule is N#Cc1c(Cl)nsc1NC1CC(=O)N(C2CC2)C1. The zero-order chi connectivity index (χ0) is 12.7. The van der Waals surface area contributed by atoms with Crippen molar-refractivity contribution in [3.8, 4) is 6.07 Å². The average Bonchev–Trinajstić information content (AvgIpc) is 3.04. The van der Waals surface area contributed by atoms with Crippen molar-refractivity contribution in [3.63, 3.8) is 0 Å². The number of nitrogens with zero attached hydrogens (tertiary/aromatic N) is 3. The van der Waals surface area contributed by atoms with Crippen LogP contribution >= 0.6 is 23.1 Å². The number of amides is 1. The van der Waals surface area contributed by atoms with Gasteiger partial charge in [0.1, 0.15) is 16.6 Å². The number of anilines is 1. The molecule has 1 aliphatic carbocycles. The molecule has 18 heavy (non-hydrogen) atoms. The van der Waals surface area contributed by atoms with Gasteiger partial charge in [-0.15, -0.1) is 0 Å². The Morgan fingerprint density at radius 3 is 3.00 bits per heavy atom. The standard InChI is InChI=1S/C11H11ClN4OS/c12-10-8(4-13)11(18-15-10)14-6-3-9(17)16(5-6)7-1-2-7/h6-7,14H,1-3,5H2. The van der Waals surface area contributed by atoms with E-state index in [4.69, 9.17) is 16.9 Å². The van der Waals surface area contributed by atoms with Gasteiger partial charge in [0, 0.05) is 19.0 Å². The van der Waals surface area contributed by atoms with Crippen LogP contribution in [-0.2, 0) is 4.79 Å². The lowest BCUT2D eigenvalue weighted by Crippen LogP contribution is -2.29. The van der Waals surface area contributed by atoms with E-state index in [9.17, 15) is 4.79 Å². The predicted molar refractivity (Wildman–Crippen MR) is 68.6 cm³/mol. The van der Waals surface area contributed by atoms with E-state index in [0.29, 0.717) is 29.6 Å². The Morgan fingerprint density at radius 2 is 2.33 bits per heavy atom. The lowest BCUT2D eigenvalue weighted by Gasteiger charge is -2.16. The highest BCUT2D eigenvalue weighted by atomic mass is 35.5. The summed E-state index contributed by atoms with van der Waals surface area (Å²) in [5.74, 6) is 0.198. The summed E-state index contributed by atoms with van der Waals surface area (Å²) in [4.78, 5) is 13.7. The Labute approximate surface area is 114 Å². The number of hydrogen-bond donors (Lipinski definition) is 1. The first kappa shape index (κ1) is 11.8. The summed E-state index contributed by atoms with van der Waals surface area (Å²) in [5, 5.41) is 13.1. The highest BCUT2D eigenvalue weighted by molar-refractivity contribution is 7.10.